The van der Waals surface area contributed by atoms with Crippen LogP contribution >= 0.6 is 0 Å². The molecular formula is C17H30N2O2S. The molecule has 22 heavy (non-hydrogen) atoms. The van der Waals surface area contributed by atoms with Gasteiger partial charge < -0.3 is 5.32 Å². The molecule has 1 rings (SSSR count). The van der Waals surface area contributed by atoms with Gasteiger partial charge in [0.25, 0.3) is 0 Å². The molecule has 0 atom stereocenters. The Morgan fingerprint density at radius 3 is 2.23 bits per heavy atom. The van der Waals surface area contributed by atoms with Gasteiger partial charge in [-0.05, 0) is 57.2 Å². The molecule has 0 saturated carbocycles. The zero-order valence-electron chi connectivity index (χ0n) is 14.1. The third-order valence-corrected chi connectivity index (χ3v) is 5.48. The van der Waals surface area contributed by atoms with Gasteiger partial charge in [0, 0.05) is 18.8 Å². The van der Waals surface area contributed by atoms with E-state index < -0.39 is 10.0 Å². The topological polar surface area (TPSA) is 58.2 Å². The van der Waals surface area contributed by atoms with Crippen molar-refractivity contribution in [2.75, 3.05) is 18.4 Å². The van der Waals surface area contributed by atoms with Crippen molar-refractivity contribution in [1.82, 2.24) is 4.72 Å². The summed E-state index contributed by atoms with van der Waals surface area (Å²) in [4.78, 5) is 0. The molecule has 126 valence electrons. The number of nitrogens with one attached hydrogen (secondary N) is 2. The van der Waals surface area contributed by atoms with E-state index in [-0.39, 0.29) is 5.25 Å². The van der Waals surface area contributed by atoms with Gasteiger partial charge in [-0.25, -0.2) is 13.1 Å². The largest absolute Gasteiger partial charge is 0.385 e. The standard InChI is InChI=1S/C17H30N2O2S/c1-4-5-8-16-9-11-17(12-10-16)18-13-6-7-14-19-22(20,21)15(2)3/h9-12,15,18-19H,4-8,13-14H2,1-3H3. The molecule has 1 aromatic rings. The highest BCUT2D eigenvalue weighted by Gasteiger charge is 2.13. The Morgan fingerprint density at radius 2 is 1.64 bits per heavy atom. The predicted molar refractivity (Wildman–Crippen MR) is 94.8 cm³/mol. The number of hydrogen-bond donors (Lipinski definition) is 2. The molecule has 0 fully saturated rings. The van der Waals surface area contributed by atoms with Gasteiger partial charge in [-0.1, -0.05) is 25.5 Å². The summed E-state index contributed by atoms with van der Waals surface area (Å²) in [6.07, 6.45) is 5.39. The SMILES string of the molecule is CCCCc1ccc(NCCCCNS(=O)(=O)C(C)C)cc1. The quantitative estimate of drug-likeness (QED) is 0.611. The third-order valence-electron chi connectivity index (χ3n) is 3.63. The molecule has 5 heteroatoms. The highest BCUT2D eigenvalue weighted by molar-refractivity contribution is 7.90. The minimum Gasteiger partial charge on any atom is -0.385 e. The maximum Gasteiger partial charge on any atom is 0.213 e. The molecule has 0 bridgehead atoms. The van der Waals surface area contributed by atoms with Gasteiger partial charge in [0.05, 0.1) is 5.25 Å². The highest BCUT2D eigenvalue weighted by Crippen LogP contribution is 2.11. The molecule has 4 nitrogen and oxygen atoms in total. The van der Waals surface area contributed by atoms with Crippen LogP contribution in [0.5, 0.6) is 0 Å². The third kappa shape index (κ3) is 7.27. The van der Waals surface area contributed by atoms with Crippen molar-refractivity contribution >= 4 is 15.7 Å². The molecule has 0 radical (unpaired) electrons. The number of aryl methyl sites for hydroxylation is 1. The molecule has 2 N–H and O–H groups in total. The fourth-order valence-electron chi connectivity index (χ4n) is 2.03. The average Bonchev–Trinajstić information content (AvgIpc) is 2.49. The number of hydrogen-bond acceptors (Lipinski definition) is 3. The zero-order chi connectivity index (χ0) is 16.4. The van der Waals surface area contributed by atoms with Crippen molar-refractivity contribution in [2.45, 2.75) is 58.1 Å². The maximum atomic E-state index is 11.6. The second-order valence-corrected chi connectivity index (χ2v) is 8.24. The van der Waals surface area contributed by atoms with Crippen LogP contribution < -0.4 is 10.0 Å². The monoisotopic (exact) mass is 326 g/mol. The highest BCUT2D eigenvalue weighted by atomic mass is 32.2. The molecule has 0 aromatic heterocycles. The van der Waals surface area contributed by atoms with Crippen molar-refractivity contribution in [3.05, 3.63) is 29.8 Å². The van der Waals surface area contributed by atoms with Gasteiger partial charge in [0.15, 0.2) is 0 Å². The molecule has 0 aliphatic carbocycles. The van der Waals surface area contributed by atoms with Crippen LogP contribution in [-0.4, -0.2) is 26.8 Å². The minimum absolute atomic E-state index is 0.364. The lowest BCUT2D eigenvalue weighted by molar-refractivity contribution is 0.568. The Labute approximate surface area is 135 Å². The Morgan fingerprint density at radius 1 is 1.00 bits per heavy atom. The number of anilines is 1. The van der Waals surface area contributed by atoms with Crippen molar-refractivity contribution in [3.8, 4) is 0 Å². The molecule has 0 saturated heterocycles. The first-order chi connectivity index (χ1) is 10.5. The van der Waals surface area contributed by atoms with E-state index in [0.717, 1.165) is 31.5 Å². The zero-order valence-corrected chi connectivity index (χ0v) is 14.9. The van der Waals surface area contributed by atoms with Crippen molar-refractivity contribution < 1.29 is 8.42 Å². The molecule has 1 aromatic carbocycles. The first kappa shape index (κ1) is 19.0. The van der Waals surface area contributed by atoms with Gasteiger partial charge in [-0.15, -0.1) is 0 Å². The van der Waals surface area contributed by atoms with Gasteiger partial charge in [-0.3, -0.25) is 0 Å². The lowest BCUT2D eigenvalue weighted by atomic mass is 10.1. The van der Waals surface area contributed by atoms with E-state index in [9.17, 15) is 8.42 Å². The molecule has 0 amide bonds. The van der Waals surface area contributed by atoms with E-state index in [0.29, 0.717) is 6.54 Å². The molecule has 0 aliphatic heterocycles. The van der Waals surface area contributed by atoms with E-state index in [1.165, 1.54) is 18.4 Å². The summed E-state index contributed by atoms with van der Waals surface area (Å²) in [7, 11) is -3.12. The number of unbranched alkanes of at least 4 members (excludes halogenated alkanes) is 2. The molecule has 0 unspecified atom stereocenters. The fourth-order valence-corrected chi connectivity index (χ4v) is 2.80. The molecule has 0 heterocycles. The van der Waals surface area contributed by atoms with Crippen LogP contribution in [0.4, 0.5) is 5.69 Å². The lowest BCUT2D eigenvalue weighted by Crippen LogP contribution is -2.31. The van der Waals surface area contributed by atoms with Crippen LogP contribution in [0, 0.1) is 0 Å². The summed E-state index contributed by atoms with van der Waals surface area (Å²) in [6.45, 7) is 6.95. The summed E-state index contributed by atoms with van der Waals surface area (Å²) in [5.74, 6) is 0. The smallest absolute Gasteiger partial charge is 0.213 e. The van der Waals surface area contributed by atoms with Crippen LogP contribution in [-0.2, 0) is 16.4 Å². The fraction of sp³-hybridized carbons (Fsp3) is 0.647. The van der Waals surface area contributed by atoms with E-state index >= 15 is 0 Å². The van der Waals surface area contributed by atoms with Gasteiger partial charge in [0.2, 0.25) is 10.0 Å². The Hall–Kier alpha value is -1.07. The summed E-state index contributed by atoms with van der Waals surface area (Å²) >= 11 is 0. The first-order valence-electron chi connectivity index (χ1n) is 8.27. The van der Waals surface area contributed by atoms with Crippen LogP contribution in [0.3, 0.4) is 0 Å². The number of sulfonamides is 1. The minimum atomic E-state index is -3.12. The second-order valence-electron chi connectivity index (χ2n) is 5.92. The molecular weight excluding hydrogens is 296 g/mol. The van der Waals surface area contributed by atoms with Crippen LogP contribution in [0.2, 0.25) is 0 Å². The van der Waals surface area contributed by atoms with E-state index in [4.69, 9.17) is 0 Å². The second kappa shape index (κ2) is 9.85. The van der Waals surface area contributed by atoms with Gasteiger partial charge >= 0.3 is 0 Å². The number of rotatable bonds is 11. The maximum absolute atomic E-state index is 11.6. The van der Waals surface area contributed by atoms with Crippen molar-refractivity contribution in [2.24, 2.45) is 0 Å². The summed E-state index contributed by atoms with van der Waals surface area (Å²) in [5.41, 5.74) is 2.51. The summed E-state index contributed by atoms with van der Waals surface area (Å²) in [6, 6.07) is 8.59. The summed E-state index contributed by atoms with van der Waals surface area (Å²) < 4.78 is 25.8. The molecule has 0 spiro atoms. The van der Waals surface area contributed by atoms with E-state index in [1.807, 2.05) is 0 Å². The van der Waals surface area contributed by atoms with Crippen molar-refractivity contribution in [3.63, 3.8) is 0 Å². The Balaban J connectivity index is 2.17. The Bertz CT molecular complexity index is 510. The van der Waals surface area contributed by atoms with E-state index in [2.05, 4.69) is 41.2 Å². The van der Waals surface area contributed by atoms with Crippen LogP contribution in [0.1, 0.15) is 52.0 Å². The van der Waals surface area contributed by atoms with Crippen molar-refractivity contribution in [1.29, 1.82) is 0 Å². The van der Waals surface area contributed by atoms with E-state index in [1.54, 1.807) is 13.8 Å². The van der Waals surface area contributed by atoms with Crippen LogP contribution in [0.25, 0.3) is 0 Å². The average molecular weight is 327 g/mol. The Kier molecular flexibility index (Phi) is 8.49. The lowest BCUT2D eigenvalue weighted by Gasteiger charge is -2.10. The van der Waals surface area contributed by atoms with Gasteiger partial charge in [0.1, 0.15) is 0 Å². The first-order valence-corrected chi connectivity index (χ1v) is 9.81. The normalized spacial score (nSPS) is 11.8. The number of benzene rings is 1. The molecule has 0 aliphatic rings. The summed E-state index contributed by atoms with van der Waals surface area (Å²) in [5, 5.41) is 3.01. The predicted octanol–water partition coefficient (Wildman–Crippen LogP) is 3.55. The van der Waals surface area contributed by atoms with Crippen LogP contribution in [0.15, 0.2) is 24.3 Å². The van der Waals surface area contributed by atoms with Gasteiger partial charge in [-0.2, -0.15) is 0 Å².